The molecule has 0 amide bonds. The van der Waals surface area contributed by atoms with Crippen LogP contribution < -0.4 is 4.74 Å². The summed E-state index contributed by atoms with van der Waals surface area (Å²) < 4.78 is 11.4. The van der Waals surface area contributed by atoms with Crippen LogP contribution in [0.2, 0.25) is 0 Å². The maximum absolute atomic E-state index is 11.3. The van der Waals surface area contributed by atoms with Gasteiger partial charge in [-0.2, -0.15) is 5.10 Å². The molecule has 146 valence electrons. The molecule has 2 aromatic heterocycles. The van der Waals surface area contributed by atoms with Crippen LogP contribution in [-0.4, -0.2) is 39.5 Å². The number of carboxylic acid groups (broad SMARTS) is 1. The van der Waals surface area contributed by atoms with Crippen molar-refractivity contribution >= 4 is 5.97 Å². The molecular formula is C21H23N3O4. The average Bonchev–Trinajstić information content (AvgIpc) is 3.26. The first kappa shape index (κ1) is 19.4. The monoisotopic (exact) mass is 381 g/mol. The third kappa shape index (κ3) is 4.68. The first-order valence-corrected chi connectivity index (χ1v) is 9.10. The number of nitrogens with one attached hydrogen (secondary N) is 1. The molecule has 0 fully saturated rings. The minimum absolute atomic E-state index is 0.167. The van der Waals surface area contributed by atoms with Gasteiger partial charge in [-0.05, 0) is 48.3 Å². The molecule has 2 aromatic rings. The summed E-state index contributed by atoms with van der Waals surface area (Å²) in [5.74, 6) is -0.113. The molecule has 0 saturated heterocycles. The van der Waals surface area contributed by atoms with Gasteiger partial charge in [0.15, 0.2) is 0 Å². The highest BCUT2D eigenvalue weighted by atomic mass is 16.5. The number of aliphatic carboxylic acids is 1. The first-order chi connectivity index (χ1) is 13.6. The van der Waals surface area contributed by atoms with Crippen LogP contribution in [0.15, 0.2) is 66.2 Å². The fourth-order valence-corrected chi connectivity index (χ4v) is 2.88. The van der Waals surface area contributed by atoms with Gasteiger partial charge >= 0.3 is 5.97 Å². The van der Waals surface area contributed by atoms with E-state index in [1.165, 1.54) is 0 Å². The van der Waals surface area contributed by atoms with Crippen molar-refractivity contribution in [2.75, 3.05) is 13.2 Å². The van der Waals surface area contributed by atoms with Gasteiger partial charge in [-0.1, -0.05) is 19.6 Å². The van der Waals surface area contributed by atoms with Gasteiger partial charge in [-0.15, -0.1) is 0 Å². The van der Waals surface area contributed by atoms with E-state index >= 15 is 0 Å². The van der Waals surface area contributed by atoms with Crippen molar-refractivity contribution in [2.45, 2.75) is 19.8 Å². The van der Waals surface area contributed by atoms with Crippen molar-refractivity contribution in [3.05, 3.63) is 66.2 Å². The maximum Gasteiger partial charge on any atom is 0.310 e. The smallest absolute Gasteiger partial charge is 0.310 e. The minimum atomic E-state index is -0.855. The number of allylic oxidation sites excluding steroid dienone is 3. The zero-order chi connectivity index (χ0) is 19.9. The number of ether oxygens (including phenoxy) is 2. The van der Waals surface area contributed by atoms with Gasteiger partial charge in [0.2, 0.25) is 0 Å². The second kappa shape index (κ2) is 9.03. The number of aromatic nitrogens is 3. The van der Waals surface area contributed by atoms with Crippen molar-refractivity contribution < 1.29 is 19.4 Å². The van der Waals surface area contributed by atoms with Crippen LogP contribution in [0, 0.1) is 5.92 Å². The molecule has 0 radical (unpaired) electrons. The number of hydrogen-bond donors (Lipinski definition) is 2. The van der Waals surface area contributed by atoms with E-state index in [-0.39, 0.29) is 6.61 Å². The molecule has 3 rings (SSSR count). The molecule has 3 heterocycles. The summed E-state index contributed by atoms with van der Waals surface area (Å²) in [4.78, 5) is 15.7. The largest absolute Gasteiger partial charge is 0.492 e. The van der Waals surface area contributed by atoms with E-state index in [9.17, 15) is 9.90 Å². The van der Waals surface area contributed by atoms with Crippen LogP contribution in [0.25, 0.3) is 11.4 Å². The summed E-state index contributed by atoms with van der Waals surface area (Å²) in [5, 5.41) is 16.0. The number of nitrogens with zero attached hydrogens (tertiary/aromatic N) is 2. The van der Waals surface area contributed by atoms with Gasteiger partial charge in [-0.3, -0.25) is 14.9 Å². The van der Waals surface area contributed by atoms with Crippen molar-refractivity contribution in [3.63, 3.8) is 0 Å². The van der Waals surface area contributed by atoms with Gasteiger partial charge < -0.3 is 14.6 Å². The lowest BCUT2D eigenvalue weighted by atomic mass is 9.94. The minimum Gasteiger partial charge on any atom is -0.492 e. The topological polar surface area (TPSA) is 97.3 Å². The molecular weight excluding hydrogens is 358 g/mol. The molecule has 28 heavy (non-hydrogen) atoms. The zero-order valence-corrected chi connectivity index (χ0v) is 15.7. The Balaban J connectivity index is 1.68. The molecule has 0 bridgehead atoms. The predicted molar refractivity (Wildman–Crippen MR) is 105 cm³/mol. The molecule has 1 aliphatic heterocycles. The van der Waals surface area contributed by atoms with Crippen LogP contribution in [0.4, 0.5) is 0 Å². The van der Waals surface area contributed by atoms with Gasteiger partial charge in [0.25, 0.3) is 0 Å². The number of carboxylic acids is 1. The van der Waals surface area contributed by atoms with Gasteiger partial charge in [0.1, 0.15) is 24.7 Å². The Morgan fingerprint density at radius 1 is 1.46 bits per heavy atom. The van der Waals surface area contributed by atoms with E-state index in [2.05, 4.69) is 21.8 Å². The Morgan fingerprint density at radius 3 is 2.93 bits per heavy atom. The van der Waals surface area contributed by atoms with Crippen molar-refractivity contribution in [2.24, 2.45) is 5.92 Å². The lowest BCUT2D eigenvalue weighted by molar-refractivity contribution is -0.143. The Morgan fingerprint density at radius 2 is 2.32 bits per heavy atom. The molecule has 0 saturated carbocycles. The Kier molecular flexibility index (Phi) is 6.26. The third-order valence-electron chi connectivity index (χ3n) is 4.53. The average molecular weight is 381 g/mol. The second-order valence-electron chi connectivity index (χ2n) is 6.44. The Bertz CT molecular complexity index is 883. The zero-order valence-electron chi connectivity index (χ0n) is 15.7. The number of rotatable bonds is 8. The normalized spacial score (nSPS) is 17.2. The number of H-pyrrole nitrogens is 1. The summed E-state index contributed by atoms with van der Waals surface area (Å²) in [7, 11) is 0. The quantitative estimate of drug-likeness (QED) is 0.723. The standard InChI is InChI=1S/C21H23N3O4/c1-3-14(9-15-10-16(21(25)26)13-28-20(15)4-2)12-27-17-5-6-18(22-11-17)19-7-8-23-24-19/h4-9,11,16H,2-3,10,12-13H2,1H3,(H,23,24)(H,25,26)/b14-9+. The molecule has 0 aromatic carbocycles. The summed E-state index contributed by atoms with van der Waals surface area (Å²) in [6, 6.07) is 5.57. The lowest BCUT2D eigenvalue weighted by Crippen LogP contribution is -2.24. The second-order valence-corrected chi connectivity index (χ2v) is 6.44. The lowest BCUT2D eigenvalue weighted by Gasteiger charge is -2.23. The van der Waals surface area contributed by atoms with Crippen LogP contribution in [0.5, 0.6) is 5.75 Å². The molecule has 7 nitrogen and oxygen atoms in total. The van der Waals surface area contributed by atoms with Crippen LogP contribution >= 0.6 is 0 Å². The van der Waals surface area contributed by atoms with Gasteiger partial charge in [0.05, 0.1) is 23.5 Å². The van der Waals surface area contributed by atoms with E-state index < -0.39 is 11.9 Å². The highest BCUT2D eigenvalue weighted by Crippen LogP contribution is 2.27. The number of hydrogen-bond acceptors (Lipinski definition) is 5. The van der Waals surface area contributed by atoms with Gasteiger partial charge in [-0.25, -0.2) is 0 Å². The summed E-state index contributed by atoms with van der Waals surface area (Å²) >= 11 is 0. The van der Waals surface area contributed by atoms with Crippen LogP contribution in [0.3, 0.4) is 0 Å². The molecule has 1 unspecified atom stereocenters. The van der Waals surface area contributed by atoms with Gasteiger partial charge in [0, 0.05) is 6.20 Å². The Hall–Kier alpha value is -3.35. The van der Waals surface area contributed by atoms with E-state index in [0.717, 1.165) is 29.0 Å². The maximum atomic E-state index is 11.3. The fourth-order valence-electron chi connectivity index (χ4n) is 2.88. The van der Waals surface area contributed by atoms with Crippen molar-refractivity contribution in [3.8, 4) is 17.1 Å². The molecule has 1 aliphatic rings. The van der Waals surface area contributed by atoms with E-state index in [0.29, 0.717) is 24.5 Å². The fraction of sp³-hybridized carbons (Fsp3) is 0.286. The van der Waals surface area contributed by atoms with E-state index in [1.807, 2.05) is 31.2 Å². The molecule has 0 spiro atoms. The predicted octanol–water partition coefficient (Wildman–Crippen LogP) is 3.75. The highest BCUT2D eigenvalue weighted by molar-refractivity contribution is 5.71. The molecule has 0 aliphatic carbocycles. The van der Waals surface area contributed by atoms with Crippen LogP contribution in [0.1, 0.15) is 19.8 Å². The molecule has 1 atom stereocenters. The summed E-state index contributed by atoms with van der Waals surface area (Å²) in [6.07, 6.45) is 8.11. The van der Waals surface area contributed by atoms with E-state index in [1.54, 1.807) is 18.5 Å². The summed E-state index contributed by atoms with van der Waals surface area (Å²) in [5.41, 5.74) is 3.49. The third-order valence-corrected chi connectivity index (χ3v) is 4.53. The summed E-state index contributed by atoms with van der Waals surface area (Å²) in [6.45, 7) is 6.33. The molecule has 2 N–H and O–H groups in total. The van der Waals surface area contributed by atoms with Crippen molar-refractivity contribution in [1.82, 2.24) is 15.2 Å². The first-order valence-electron chi connectivity index (χ1n) is 9.10. The highest BCUT2D eigenvalue weighted by Gasteiger charge is 2.25. The van der Waals surface area contributed by atoms with Crippen molar-refractivity contribution in [1.29, 1.82) is 0 Å². The number of carbonyl (C=O) groups is 1. The van der Waals surface area contributed by atoms with E-state index in [4.69, 9.17) is 9.47 Å². The van der Waals surface area contributed by atoms with Crippen LogP contribution in [-0.2, 0) is 9.53 Å². The number of aromatic amines is 1. The number of pyridine rings is 1. The molecule has 7 heteroatoms. The SMILES string of the molecule is C=CC1=C(/C=C(\CC)COc2ccc(-c3ccn[nH]3)nc2)CC(C(=O)O)CO1. The Labute approximate surface area is 163 Å².